The van der Waals surface area contributed by atoms with E-state index in [1.54, 1.807) is 0 Å². The summed E-state index contributed by atoms with van der Waals surface area (Å²) in [6.07, 6.45) is 3.21. The molecule has 1 aliphatic carbocycles. The second kappa shape index (κ2) is 6.55. The maximum Gasteiger partial charge on any atom is 0.223 e. The minimum absolute atomic E-state index is 0.228. The van der Waals surface area contributed by atoms with Crippen LogP contribution in [0.2, 0.25) is 0 Å². The van der Waals surface area contributed by atoms with Gasteiger partial charge in [-0.15, -0.1) is 0 Å². The van der Waals surface area contributed by atoms with Crippen molar-refractivity contribution in [3.63, 3.8) is 0 Å². The summed E-state index contributed by atoms with van der Waals surface area (Å²) < 4.78 is 0. The molecule has 1 aliphatic rings. The third-order valence-corrected chi connectivity index (χ3v) is 3.36. The van der Waals surface area contributed by atoms with Gasteiger partial charge in [0.2, 0.25) is 5.91 Å². The van der Waals surface area contributed by atoms with Crippen molar-refractivity contribution in [3.8, 4) is 0 Å². The molecule has 0 atom stereocenters. The maximum atomic E-state index is 11.4. The molecule has 2 N–H and O–H groups in total. The van der Waals surface area contributed by atoms with E-state index in [1.807, 2.05) is 0 Å². The predicted octanol–water partition coefficient (Wildman–Crippen LogP) is 1.86. The van der Waals surface area contributed by atoms with Gasteiger partial charge in [-0.2, -0.15) is 0 Å². The van der Waals surface area contributed by atoms with Crippen LogP contribution in [-0.4, -0.2) is 19.0 Å². The highest BCUT2D eigenvalue weighted by atomic mass is 16.2. The first-order chi connectivity index (χ1) is 8.81. The lowest BCUT2D eigenvalue weighted by Crippen LogP contribution is -2.32. The van der Waals surface area contributed by atoms with Gasteiger partial charge in [-0.25, -0.2) is 0 Å². The number of nitrogens with one attached hydrogen (secondary N) is 2. The Balaban J connectivity index is 1.63. The number of carbonyl (C=O) groups excluding carboxylic acids is 1. The highest BCUT2D eigenvalue weighted by molar-refractivity contribution is 5.80. The zero-order valence-electron chi connectivity index (χ0n) is 11.0. The number of carbonyl (C=O) groups is 1. The predicted molar refractivity (Wildman–Crippen MR) is 73.3 cm³/mol. The SMILES string of the molecule is CCc1ccccc1CNCCNC(=O)C1CC1. The molecule has 98 valence electrons. The summed E-state index contributed by atoms with van der Waals surface area (Å²) >= 11 is 0. The van der Waals surface area contributed by atoms with Gasteiger partial charge in [0.25, 0.3) is 0 Å². The Kier molecular flexibility index (Phi) is 4.76. The van der Waals surface area contributed by atoms with Crippen LogP contribution in [0.1, 0.15) is 30.9 Å². The van der Waals surface area contributed by atoms with Crippen LogP contribution in [0.5, 0.6) is 0 Å². The molecule has 0 bridgehead atoms. The molecule has 18 heavy (non-hydrogen) atoms. The Hall–Kier alpha value is -1.35. The molecule has 2 rings (SSSR count). The second-order valence-electron chi connectivity index (χ2n) is 4.86. The number of amides is 1. The van der Waals surface area contributed by atoms with Gasteiger partial charge >= 0.3 is 0 Å². The highest BCUT2D eigenvalue weighted by Crippen LogP contribution is 2.28. The molecule has 1 saturated carbocycles. The van der Waals surface area contributed by atoms with Crippen LogP contribution in [0.25, 0.3) is 0 Å². The maximum absolute atomic E-state index is 11.4. The van der Waals surface area contributed by atoms with E-state index in [2.05, 4.69) is 41.8 Å². The first-order valence-electron chi connectivity index (χ1n) is 6.86. The number of aryl methyl sites for hydroxylation is 1. The van der Waals surface area contributed by atoms with Crippen molar-refractivity contribution in [1.29, 1.82) is 0 Å². The molecule has 0 radical (unpaired) electrons. The van der Waals surface area contributed by atoms with Crippen LogP contribution in [0, 0.1) is 5.92 Å². The molecule has 1 aromatic carbocycles. The first kappa shape index (κ1) is 13.1. The van der Waals surface area contributed by atoms with Crippen molar-refractivity contribution < 1.29 is 4.79 Å². The van der Waals surface area contributed by atoms with Gasteiger partial charge in [-0.3, -0.25) is 4.79 Å². The van der Waals surface area contributed by atoms with Crippen LogP contribution < -0.4 is 10.6 Å². The molecule has 3 heteroatoms. The summed E-state index contributed by atoms with van der Waals surface area (Å²) in [6, 6.07) is 8.49. The van der Waals surface area contributed by atoms with Gasteiger partial charge < -0.3 is 10.6 Å². The minimum atomic E-state index is 0.228. The van der Waals surface area contributed by atoms with E-state index in [9.17, 15) is 4.79 Å². The summed E-state index contributed by atoms with van der Waals surface area (Å²) in [5.41, 5.74) is 2.75. The molecular weight excluding hydrogens is 224 g/mol. The second-order valence-corrected chi connectivity index (χ2v) is 4.86. The Morgan fingerprint density at radius 3 is 2.61 bits per heavy atom. The minimum Gasteiger partial charge on any atom is -0.355 e. The van der Waals surface area contributed by atoms with E-state index in [0.717, 1.165) is 38.9 Å². The largest absolute Gasteiger partial charge is 0.355 e. The van der Waals surface area contributed by atoms with Crippen LogP contribution in [0.3, 0.4) is 0 Å². The van der Waals surface area contributed by atoms with E-state index >= 15 is 0 Å². The fourth-order valence-corrected chi connectivity index (χ4v) is 2.06. The topological polar surface area (TPSA) is 41.1 Å². The van der Waals surface area contributed by atoms with E-state index in [-0.39, 0.29) is 5.91 Å². The standard InChI is InChI=1S/C15H22N2O/c1-2-12-5-3-4-6-14(12)11-16-9-10-17-15(18)13-7-8-13/h3-6,13,16H,2,7-11H2,1H3,(H,17,18). The van der Waals surface area contributed by atoms with E-state index < -0.39 is 0 Å². The molecule has 3 nitrogen and oxygen atoms in total. The molecule has 0 spiro atoms. The van der Waals surface area contributed by atoms with Crippen molar-refractivity contribution >= 4 is 5.91 Å². The molecular formula is C15H22N2O. The monoisotopic (exact) mass is 246 g/mol. The Labute approximate surface area is 109 Å². The van der Waals surface area contributed by atoms with Gasteiger partial charge in [0.1, 0.15) is 0 Å². The lowest BCUT2D eigenvalue weighted by Gasteiger charge is -2.09. The van der Waals surface area contributed by atoms with Crippen molar-refractivity contribution in [2.45, 2.75) is 32.7 Å². The van der Waals surface area contributed by atoms with Crippen molar-refractivity contribution in [1.82, 2.24) is 10.6 Å². The van der Waals surface area contributed by atoms with E-state index in [0.29, 0.717) is 5.92 Å². The van der Waals surface area contributed by atoms with E-state index in [1.165, 1.54) is 11.1 Å². The third-order valence-electron chi connectivity index (χ3n) is 3.36. The van der Waals surface area contributed by atoms with Crippen LogP contribution in [0.4, 0.5) is 0 Å². The molecule has 0 saturated heterocycles. The number of hydrogen-bond acceptors (Lipinski definition) is 2. The average Bonchev–Trinajstić information content (AvgIpc) is 3.23. The summed E-state index contributed by atoms with van der Waals surface area (Å²) in [4.78, 5) is 11.4. The van der Waals surface area contributed by atoms with Gasteiger partial charge in [0.15, 0.2) is 0 Å². The van der Waals surface area contributed by atoms with Crippen molar-refractivity contribution in [2.24, 2.45) is 5.92 Å². The number of rotatable bonds is 7. The molecule has 0 unspecified atom stereocenters. The Morgan fingerprint density at radius 1 is 1.22 bits per heavy atom. The normalized spacial score (nSPS) is 14.5. The van der Waals surface area contributed by atoms with E-state index in [4.69, 9.17) is 0 Å². The van der Waals surface area contributed by atoms with Gasteiger partial charge in [-0.05, 0) is 30.4 Å². The highest BCUT2D eigenvalue weighted by Gasteiger charge is 2.28. The van der Waals surface area contributed by atoms with Gasteiger partial charge in [0.05, 0.1) is 0 Å². The third kappa shape index (κ3) is 3.84. The van der Waals surface area contributed by atoms with Gasteiger partial charge in [-0.1, -0.05) is 31.2 Å². The molecule has 0 heterocycles. The molecule has 1 amide bonds. The van der Waals surface area contributed by atoms with Crippen LogP contribution >= 0.6 is 0 Å². The lowest BCUT2D eigenvalue weighted by molar-refractivity contribution is -0.122. The lowest BCUT2D eigenvalue weighted by atomic mass is 10.1. The fraction of sp³-hybridized carbons (Fsp3) is 0.533. The van der Waals surface area contributed by atoms with Crippen molar-refractivity contribution in [3.05, 3.63) is 35.4 Å². The summed E-state index contributed by atoms with van der Waals surface area (Å²) in [7, 11) is 0. The van der Waals surface area contributed by atoms with Crippen molar-refractivity contribution in [2.75, 3.05) is 13.1 Å². The molecule has 0 aromatic heterocycles. The summed E-state index contributed by atoms with van der Waals surface area (Å²) in [6.45, 7) is 4.61. The zero-order valence-corrected chi connectivity index (χ0v) is 11.0. The fourth-order valence-electron chi connectivity index (χ4n) is 2.06. The molecule has 1 fully saturated rings. The van der Waals surface area contributed by atoms with Gasteiger partial charge in [0, 0.05) is 25.6 Å². The Morgan fingerprint density at radius 2 is 1.94 bits per heavy atom. The average molecular weight is 246 g/mol. The number of benzene rings is 1. The molecule has 1 aromatic rings. The van der Waals surface area contributed by atoms with Crippen LogP contribution in [-0.2, 0) is 17.8 Å². The summed E-state index contributed by atoms with van der Waals surface area (Å²) in [5.74, 6) is 0.538. The smallest absolute Gasteiger partial charge is 0.223 e. The number of hydrogen-bond donors (Lipinski definition) is 2. The first-order valence-corrected chi connectivity index (χ1v) is 6.86. The molecule has 0 aliphatic heterocycles. The Bertz CT molecular complexity index is 399. The zero-order chi connectivity index (χ0) is 12.8. The van der Waals surface area contributed by atoms with Crippen LogP contribution in [0.15, 0.2) is 24.3 Å². The summed E-state index contributed by atoms with van der Waals surface area (Å²) in [5, 5.41) is 6.33. The quantitative estimate of drug-likeness (QED) is 0.721.